The van der Waals surface area contributed by atoms with Crippen molar-refractivity contribution in [1.29, 1.82) is 0 Å². The molecule has 1 atom stereocenters. The van der Waals surface area contributed by atoms with Crippen molar-refractivity contribution >= 4 is 52.2 Å². The minimum atomic E-state index is -0.180. The van der Waals surface area contributed by atoms with Crippen LogP contribution in [0, 0.1) is 0 Å². The fourth-order valence-electron chi connectivity index (χ4n) is 3.10. The maximum Gasteiger partial charge on any atom is 0.265 e. The fourth-order valence-corrected chi connectivity index (χ4v) is 5.00. The minimum Gasteiger partial charge on any atom is -0.345 e. The van der Waals surface area contributed by atoms with E-state index in [1.54, 1.807) is 42.1 Å². The Morgan fingerprint density at radius 1 is 1.04 bits per heavy atom. The molecule has 2 N–H and O–H groups in total. The Morgan fingerprint density at radius 2 is 1.93 bits per heavy atom. The van der Waals surface area contributed by atoms with Gasteiger partial charge in [-0.1, -0.05) is 23.7 Å². The van der Waals surface area contributed by atoms with Crippen molar-refractivity contribution in [2.45, 2.75) is 17.4 Å². The SMILES string of the molecule is O=C(NC1CCSc2ccc(Cl)cc21)c1cccc(NC(=O)c2cccs2)c1. The van der Waals surface area contributed by atoms with Crippen molar-refractivity contribution in [3.63, 3.8) is 0 Å². The molecule has 0 spiro atoms. The van der Waals surface area contributed by atoms with Crippen molar-refractivity contribution < 1.29 is 9.59 Å². The first-order valence-corrected chi connectivity index (χ1v) is 11.0. The summed E-state index contributed by atoms with van der Waals surface area (Å²) in [5.74, 6) is 0.590. The highest BCUT2D eigenvalue weighted by Crippen LogP contribution is 2.37. The summed E-state index contributed by atoms with van der Waals surface area (Å²) in [6.45, 7) is 0. The summed E-state index contributed by atoms with van der Waals surface area (Å²) in [4.78, 5) is 26.8. The predicted molar refractivity (Wildman–Crippen MR) is 116 cm³/mol. The quantitative estimate of drug-likeness (QED) is 0.566. The molecule has 7 heteroatoms. The van der Waals surface area contributed by atoms with Gasteiger partial charge in [-0.15, -0.1) is 23.1 Å². The van der Waals surface area contributed by atoms with Gasteiger partial charge in [0.1, 0.15) is 0 Å². The van der Waals surface area contributed by atoms with Crippen LogP contribution in [0.3, 0.4) is 0 Å². The number of hydrogen-bond donors (Lipinski definition) is 2. The number of rotatable bonds is 4. The van der Waals surface area contributed by atoms with E-state index in [4.69, 9.17) is 11.6 Å². The van der Waals surface area contributed by atoms with E-state index in [2.05, 4.69) is 10.6 Å². The second-order valence-electron chi connectivity index (χ2n) is 6.36. The average molecular weight is 429 g/mol. The van der Waals surface area contributed by atoms with Gasteiger partial charge >= 0.3 is 0 Å². The molecule has 0 bridgehead atoms. The number of benzene rings is 2. The highest BCUT2D eigenvalue weighted by atomic mass is 35.5. The van der Waals surface area contributed by atoms with Gasteiger partial charge < -0.3 is 10.6 Å². The largest absolute Gasteiger partial charge is 0.345 e. The maximum atomic E-state index is 12.8. The number of fused-ring (bicyclic) bond motifs is 1. The third kappa shape index (κ3) is 4.24. The molecule has 2 heterocycles. The molecule has 0 saturated heterocycles. The summed E-state index contributed by atoms with van der Waals surface area (Å²) in [5.41, 5.74) is 2.15. The van der Waals surface area contributed by atoms with Gasteiger partial charge in [0.15, 0.2) is 0 Å². The summed E-state index contributed by atoms with van der Waals surface area (Å²) >= 11 is 9.30. The summed E-state index contributed by atoms with van der Waals surface area (Å²) in [7, 11) is 0. The van der Waals surface area contributed by atoms with Crippen LogP contribution < -0.4 is 10.6 Å². The molecule has 28 heavy (non-hydrogen) atoms. The van der Waals surface area contributed by atoms with E-state index in [0.717, 1.165) is 22.6 Å². The summed E-state index contributed by atoms with van der Waals surface area (Å²) < 4.78 is 0. The van der Waals surface area contributed by atoms with E-state index in [-0.39, 0.29) is 17.9 Å². The fraction of sp³-hybridized carbons (Fsp3) is 0.143. The molecule has 1 unspecified atom stereocenters. The van der Waals surface area contributed by atoms with Crippen LogP contribution in [-0.4, -0.2) is 17.6 Å². The maximum absolute atomic E-state index is 12.8. The number of carbonyl (C=O) groups excluding carboxylic acids is 2. The molecule has 0 aliphatic carbocycles. The third-order valence-electron chi connectivity index (χ3n) is 4.44. The Morgan fingerprint density at radius 3 is 2.75 bits per heavy atom. The first-order chi connectivity index (χ1) is 13.6. The summed E-state index contributed by atoms with van der Waals surface area (Å²) in [6.07, 6.45) is 0.846. The van der Waals surface area contributed by atoms with E-state index in [1.165, 1.54) is 11.3 Å². The molecule has 1 aromatic heterocycles. The molecule has 142 valence electrons. The van der Waals surface area contributed by atoms with Crippen molar-refractivity contribution in [1.82, 2.24) is 5.32 Å². The van der Waals surface area contributed by atoms with Crippen LogP contribution >= 0.6 is 34.7 Å². The van der Waals surface area contributed by atoms with Gasteiger partial charge in [0.25, 0.3) is 11.8 Å². The molecule has 4 nitrogen and oxygen atoms in total. The van der Waals surface area contributed by atoms with E-state index >= 15 is 0 Å². The molecule has 0 fully saturated rings. The lowest BCUT2D eigenvalue weighted by molar-refractivity contribution is 0.0934. The zero-order valence-corrected chi connectivity index (χ0v) is 17.2. The van der Waals surface area contributed by atoms with Gasteiger partial charge in [-0.25, -0.2) is 0 Å². The number of nitrogens with one attached hydrogen (secondary N) is 2. The lowest BCUT2D eigenvalue weighted by Gasteiger charge is -2.26. The molecule has 3 aromatic rings. The zero-order chi connectivity index (χ0) is 19.5. The van der Waals surface area contributed by atoms with E-state index in [0.29, 0.717) is 21.2 Å². The van der Waals surface area contributed by atoms with Crippen molar-refractivity contribution in [3.05, 3.63) is 81.0 Å². The number of amides is 2. The van der Waals surface area contributed by atoms with Gasteiger partial charge in [-0.3, -0.25) is 9.59 Å². The van der Waals surface area contributed by atoms with Crippen molar-refractivity contribution in [2.24, 2.45) is 0 Å². The zero-order valence-electron chi connectivity index (χ0n) is 14.8. The second-order valence-corrected chi connectivity index (χ2v) is 8.88. The van der Waals surface area contributed by atoms with Gasteiger partial charge in [0.05, 0.1) is 10.9 Å². The Labute approximate surface area is 176 Å². The topological polar surface area (TPSA) is 58.2 Å². The lowest BCUT2D eigenvalue weighted by atomic mass is 10.0. The van der Waals surface area contributed by atoms with E-state index in [1.807, 2.05) is 29.6 Å². The third-order valence-corrected chi connectivity index (χ3v) is 6.67. The van der Waals surface area contributed by atoms with Crippen molar-refractivity contribution in [3.8, 4) is 0 Å². The molecule has 1 aliphatic heterocycles. The Balaban J connectivity index is 1.49. The number of halogens is 1. The smallest absolute Gasteiger partial charge is 0.265 e. The van der Waals surface area contributed by atoms with Crippen LogP contribution in [0.15, 0.2) is 64.9 Å². The second kappa shape index (κ2) is 8.39. The van der Waals surface area contributed by atoms with Gasteiger partial charge in [0.2, 0.25) is 0 Å². The number of carbonyl (C=O) groups is 2. The van der Waals surface area contributed by atoms with Crippen LogP contribution in [0.2, 0.25) is 5.02 Å². The molecule has 0 saturated carbocycles. The minimum absolute atomic E-state index is 0.0770. The number of thioether (sulfide) groups is 1. The normalized spacial score (nSPS) is 15.5. The molecule has 2 aromatic carbocycles. The molecular weight excluding hydrogens is 412 g/mol. The van der Waals surface area contributed by atoms with Crippen LogP contribution in [0.1, 0.15) is 38.1 Å². The monoisotopic (exact) mass is 428 g/mol. The average Bonchev–Trinajstić information content (AvgIpc) is 3.24. The van der Waals surface area contributed by atoms with Crippen LogP contribution in [0.25, 0.3) is 0 Å². The lowest BCUT2D eigenvalue weighted by Crippen LogP contribution is -2.30. The molecule has 1 aliphatic rings. The standard InChI is InChI=1S/C21H17ClN2O2S2/c22-14-6-7-18-16(12-14)17(8-10-28-18)24-20(25)13-3-1-4-15(11-13)23-21(26)19-5-2-9-27-19/h1-7,9,11-12,17H,8,10H2,(H,23,26)(H,24,25). The number of thiophene rings is 1. The Hall–Kier alpha value is -2.28. The first-order valence-electron chi connectivity index (χ1n) is 8.78. The summed E-state index contributed by atoms with van der Waals surface area (Å²) in [5, 5.41) is 8.46. The predicted octanol–water partition coefficient (Wildman–Crippen LogP) is 5.62. The van der Waals surface area contributed by atoms with Crippen LogP contribution in [0.4, 0.5) is 5.69 Å². The van der Waals surface area contributed by atoms with Crippen LogP contribution in [-0.2, 0) is 0 Å². The highest BCUT2D eigenvalue weighted by Gasteiger charge is 2.23. The van der Waals surface area contributed by atoms with Crippen molar-refractivity contribution in [2.75, 3.05) is 11.1 Å². The van der Waals surface area contributed by atoms with Gasteiger partial charge in [-0.2, -0.15) is 0 Å². The first kappa shape index (κ1) is 19.1. The van der Waals surface area contributed by atoms with E-state index < -0.39 is 0 Å². The Kier molecular flexibility index (Phi) is 5.71. The van der Waals surface area contributed by atoms with Gasteiger partial charge in [0, 0.05) is 26.9 Å². The molecule has 4 rings (SSSR count). The number of anilines is 1. The molecule has 0 radical (unpaired) electrons. The van der Waals surface area contributed by atoms with Crippen LogP contribution in [0.5, 0.6) is 0 Å². The van der Waals surface area contributed by atoms with E-state index in [9.17, 15) is 9.59 Å². The molecule has 2 amide bonds. The number of hydrogen-bond acceptors (Lipinski definition) is 4. The van der Waals surface area contributed by atoms with Gasteiger partial charge in [-0.05, 0) is 59.8 Å². The highest BCUT2D eigenvalue weighted by molar-refractivity contribution is 7.99. The molecular formula is C21H17ClN2O2S2. The Bertz CT molecular complexity index is 1020. The summed E-state index contributed by atoms with van der Waals surface area (Å²) in [6, 6.07) is 16.3.